The summed E-state index contributed by atoms with van der Waals surface area (Å²) in [5.74, 6) is 0.935. The number of rotatable bonds is 2. The molecule has 3 nitrogen and oxygen atoms in total. The molecule has 2 aromatic rings. The van der Waals surface area contributed by atoms with E-state index in [2.05, 4.69) is 33.1 Å². The van der Waals surface area contributed by atoms with Gasteiger partial charge in [0.25, 0.3) is 0 Å². The quantitative estimate of drug-likeness (QED) is 0.829. The van der Waals surface area contributed by atoms with Gasteiger partial charge in [0.1, 0.15) is 6.33 Å². The third-order valence-electron chi connectivity index (χ3n) is 1.78. The second-order valence-corrected chi connectivity index (χ2v) is 4.31. The van der Waals surface area contributed by atoms with Gasteiger partial charge in [0, 0.05) is 11.0 Å². The highest BCUT2D eigenvalue weighted by molar-refractivity contribution is 9.10. The van der Waals surface area contributed by atoms with Gasteiger partial charge in [-0.05, 0) is 34.3 Å². The molecule has 0 amide bonds. The van der Waals surface area contributed by atoms with Crippen LogP contribution in [0.2, 0.25) is 0 Å². The molecule has 5 heteroatoms. The van der Waals surface area contributed by atoms with Crippen LogP contribution in [0.25, 0.3) is 10.7 Å². The second-order valence-electron chi connectivity index (χ2n) is 2.54. The van der Waals surface area contributed by atoms with Crippen molar-refractivity contribution in [1.29, 1.82) is 0 Å². The maximum absolute atomic E-state index is 4.08. The van der Waals surface area contributed by atoms with Crippen molar-refractivity contribution in [3.05, 3.63) is 22.2 Å². The lowest BCUT2D eigenvalue weighted by Crippen LogP contribution is -1.94. The van der Waals surface area contributed by atoms with Gasteiger partial charge in [-0.1, -0.05) is 0 Å². The predicted molar refractivity (Wildman–Crippen MR) is 56.7 cm³/mol. The monoisotopic (exact) mass is 257 g/mol. The maximum atomic E-state index is 4.08. The molecule has 0 spiro atoms. The van der Waals surface area contributed by atoms with Crippen molar-refractivity contribution in [3.63, 3.8) is 0 Å². The predicted octanol–water partition coefficient (Wildman–Crippen LogP) is 2.79. The lowest BCUT2D eigenvalue weighted by Gasteiger charge is -2.00. The zero-order chi connectivity index (χ0) is 9.26. The molecule has 0 aliphatic carbocycles. The van der Waals surface area contributed by atoms with Crippen LogP contribution in [-0.4, -0.2) is 14.8 Å². The fraction of sp³-hybridized carbons (Fsp3) is 0.250. The Bertz CT molecular complexity index is 407. The van der Waals surface area contributed by atoms with E-state index >= 15 is 0 Å². The van der Waals surface area contributed by atoms with E-state index in [1.807, 2.05) is 16.0 Å². The minimum atomic E-state index is 0.896. The van der Waals surface area contributed by atoms with Crippen LogP contribution < -0.4 is 0 Å². The lowest BCUT2D eigenvalue weighted by molar-refractivity contribution is 0.768. The Morgan fingerprint density at radius 3 is 3.08 bits per heavy atom. The third kappa shape index (κ3) is 1.53. The van der Waals surface area contributed by atoms with E-state index in [0.29, 0.717) is 0 Å². The van der Waals surface area contributed by atoms with E-state index in [0.717, 1.165) is 21.7 Å². The first-order valence-electron chi connectivity index (χ1n) is 3.94. The fourth-order valence-corrected chi connectivity index (χ4v) is 2.66. The number of halogens is 1. The molecule has 0 fully saturated rings. The van der Waals surface area contributed by atoms with Crippen molar-refractivity contribution in [2.24, 2.45) is 0 Å². The summed E-state index contributed by atoms with van der Waals surface area (Å²) >= 11 is 5.15. The minimum absolute atomic E-state index is 0.896. The van der Waals surface area contributed by atoms with Gasteiger partial charge in [0.2, 0.25) is 0 Å². The second kappa shape index (κ2) is 3.59. The molecule has 0 radical (unpaired) electrons. The van der Waals surface area contributed by atoms with E-state index in [1.165, 1.54) is 0 Å². The summed E-state index contributed by atoms with van der Waals surface area (Å²) in [5.41, 5.74) is 0. The number of hydrogen-bond donors (Lipinski definition) is 0. The number of aryl methyl sites for hydroxylation is 1. The van der Waals surface area contributed by atoms with Gasteiger partial charge in [0.15, 0.2) is 5.82 Å². The normalized spacial score (nSPS) is 10.6. The molecule has 0 aliphatic rings. The molecule has 2 aromatic heterocycles. The first-order chi connectivity index (χ1) is 6.33. The number of nitrogens with zero attached hydrogens (tertiary/aromatic N) is 3. The Balaban J connectivity index is 2.52. The zero-order valence-corrected chi connectivity index (χ0v) is 9.47. The molecule has 0 atom stereocenters. The van der Waals surface area contributed by atoms with Crippen LogP contribution in [0.4, 0.5) is 0 Å². The van der Waals surface area contributed by atoms with E-state index in [1.54, 1.807) is 17.7 Å². The fourth-order valence-electron chi connectivity index (χ4n) is 1.12. The Morgan fingerprint density at radius 2 is 2.46 bits per heavy atom. The molecule has 0 N–H and O–H groups in total. The third-order valence-corrected chi connectivity index (χ3v) is 3.61. The molecule has 0 saturated heterocycles. The highest BCUT2D eigenvalue weighted by Crippen LogP contribution is 2.31. The van der Waals surface area contributed by atoms with E-state index in [4.69, 9.17) is 0 Å². The standard InChI is InChI=1S/C8H8BrN3S/c1-2-12-5-10-11-8(12)7-6(9)3-4-13-7/h3-5H,2H2,1H3. The van der Waals surface area contributed by atoms with Gasteiger partial charge in [0.05, 0.1) is 4.88 Å². The summed E-state index contributed by atoms with van der Waals surface area (Å²) in [4.78, 5) is 1.14. The zero-order valence-electron chi connectivity index (χ0n) is 7.07. The van der Waals surface area contributed by atoms with Crippen LogP contribution in [0.3, 0.4) is 0 Å². The van der Waals surface area contributed by atoms with Gasteiger partial charge < -0.3 is 4.57 Å². The molecule has 2 rings (SSSR count). The van der Waals surface area contributed by atoms with Crippen molar-refractivity contribution in [3.8, 4) is 10.7 Å². The molecule has 2 heterocycles. The molecule has 0 aromatic carbocycles. The van der Waals surface area contributed by atoms with Crippen LogP contribution >= 0.6 is 27.3 Å². The summed E-state index contributed by atoms with van der Waals surface area (Å²) in [7, 11) is 0. The molecular weight excluding hydrogens is 250 g/mol. The number of hydrogen-bond acceptors (Lipinski definition) is 3. The van der Waals surface area contributed by atoms with Crippen LogP contribution in [0.1, 0.15) is 6.92 Å². The summed E-state index contributed by atoms with van der Waals surface area (Å²) < 4.78 is 3.11. The lowest BCUT2D eigenvalue weighted by atomic mass is 10.4. The molecule has 13 heavy (non-hydrogen) atoms. The van der Waals surface area contributed by atoms with Crippen LogP contribution in [0.5, 0.6) is 0 Å². The van der Waals surface area contributed by atoms with E-state index in [-0.39, 0.29) is 0 Å². The van der Waals surface area contributed by atoms with Crippen molar-refractivity contribution < 1.29 is 0 Å². The highest BCUT2D eigenvalue weighted by atomic mass is 79.9. The first-order valence-corrected chi connectivity index (χ1v) is 5.61. The summed E-state index contributed by atoms with van der Waals surface area (Å²) in [5, 5.41) is 10.0. The van der Waals surface area contributed by atoms with Crippen LogP contribution in [0, 0.1) is 0 Å². The number of aromatic nitrogens is 3. The van der Waals surface area contributed by atoms with Crippen LogP contribution in [0.15, 0.2) is 22.2 Å². The Hall–Kier alpha value is -0.680. The topological polar surface area (TPSA) is 30.7 Å². The van der Waals surface area contributed by atoms with E-state index < -0.39 is 0 Å². The molecular formula is C8H8BrN3S. The first kappa shape index (κ1) is 8.90. The van der Waals surface area contributed by atoms with Gasteiger partial charge in [-0.15, -0.1) is 21.5 Å². The number of thiophene rings is 1. The minimum Gasteiger partial charge on any atom is -0.313 e. The maximum Gasteiger partial charge on any atom is 0.174 e. The van der Waals surface area contributed by atoms with Crippen molar-refractivity contribution in [2.75, 3.05) is 0 Å². The molecule has 0 aliphatic heterocycles. The summed E-state index contributed by atoms with van der Waals surface area (Å²) in [6.45, 7) is 2.97. The van der Waals surface area contributed by atoms with Gasteiger partial charge in [-0.2, -0.15) is 0 Å². The Labute approximate surface area is 88.6 Å². The van der Waals surface area contributed by atoms with Crippen LogP contribution in [-0.2, 0) is 6.54 Å². The van der Waals surface area contributed by atoms with Crippen molar-refractivity contribution in [2.45, 2.75) is 13.5 Å². The smallest absolute Gasteiger partial charge is 0.174 e. The average Bonchev–Trinajstić information content (AvgIpc) is 2.71. The average molecular weight is 258 g/mol. The summed E-state index contributed by atoms with van der Waals surface area (Å²) in [6, 6.07) is 2.02. The Kier molecular flexibility index (Phi) is 2.46. The molecule has 0 bridgehead atoms. The van der Waals surface area contributed by atoms with Crippen molar-refractivity contribution >= 4 is 27.3 Å². The van der Waals surface area contributed by atoms with E-state index in [9.17, 15) is 0 Å². The van der Waals surface area contributed by atoms with Gasteiger partial charge in [-0.3, -0.25) is 0 Å². The SMILES string of the molecule is CCn1cnnc1-c1sccc1Br. The van der Waals surface area contributed by atoms with Crippen molar-refractivity contribution in [1.82, 2.24) is 14.8 Å². The van der Waals surface area contributed by atoms with Gasteiger partial charge >= 0.3 is 0 Å². The largest absolute Gasteiger partial charge is 0.313 e. The summed E-state index contributed by atoms with van der Waals surface area (Å²) in [6.07, 6.45) is 1.75. The Morgan fingerprint density at radius 1 is 1.62 bits per heavy atom. The van der Waals surface area contributed by atoms with Gasteiger partial charge in [-0.25, -0.2) is 0 Å². The molecule has 0 saturated carbocycles. The highest BCUT2D eigenvalue weighted by Gasteiger charge is 2.10. The molecule has 68 valence electrons. The molecule has 0 unspecified atom stereocenters.